The van der Waals surface area contributed by atoms with E-state index in [2.05, 4.69) is 385 Å². The number of aromatic nitrogens is 6. The third-order valence-corrected chi connectivity index (χ3v) is 22.4. The van der Waals surface area contributed by atoms with Crippen molar-refractivity contribution in [2.45, 2.75) is 0 Å². The van der Waals surface area contributed by atoms with Crippen LogP contribution in [-0.4, -0.2) is 29.1 Å². The van der Waals surface area contributed by atoms with Crippen LogP contribution in [0.5, 0.6) is 0 Å². The SMILES string of the molecule is c1ccc(-c2ccc3cc(-c4ccc5c(ccc6c5c5ccccc5n6-c5ccc(-c6nc(-c7ccccc7)cc(-c7ccccc7)n6)cc5)c4)ccc3c2)cc1.c1ccc(-c2ccc3cc(-c4ccc5ccc6c(c5c4)c4ccccc4n6-c4ccc(-c5nc(-c6ccccc6)cc(-c6ccccc6)n5)cc4)ccc3c2)cc1. The molecule has 22 aromatic rings. The summed E-state index contributed by atoms with van der Waals surface area (Å²) in [5, 5.41) is 14.9. The van der Waals surface area contributed by atoms with Crippen LogP contribution in [-0.2, 0) is 0 Å². The van der Waals surface area contributed by atoms with Crippen LogP contribution in [0.1, 0.15) is 0 Å². The minimum atomic E-state index is 0.702. The number of fused-ring (bicyclic) bond motifs is 12. The normalized spacial score (nSPS) is 11.5. The average molecular weight is 1450 g/mol. The molecular weight excluding hydrogens is 1380 g/mol. The van der Waals surface area contributed by atoms with Gasteiger partial charge >= 0.3 is 0 Å². The molecule has 0 amide bonds. The van der Waals surface area contributed by atoms with Gasteiger partial charge in [0, 0.05) is 66.3 Å². The number of nitrogens with zero attached hydrogens (tertiary/aromatic N) is 6. The van der Waals surface area contributed by atoms with E-state index in [0.29, 0.717) is 11.6 Å². The molecule has 532 valence electrons. The Balaban J connectivity index is 0.000000143. The van der Waals surface area contributed by atoms with Gasteiger partial charge in [-0.1, -0.05) is 303 Å². The summed E-state index contributed by atoms with van der Waals surface area (Å²) in [5.41, 5.74) is 26.5. The van der Waals surface area contributed by atoms with Gasteiger partial charge in [-0.3, -0.25) is 0 Å². The quantitative estimate of drug-likeness (QED) is 0.122. The van der Waals surface area contributed by atoms with Gasteiger partial charge in [0.2, 0.25) is 0 Å². The molecule has 6 heteroatoms. The fraction of sp³-hybridized carbons (Fsp3) is 0. The van der Waals surface area contributed by atoms with Crippen molar-refractivity contribution < 1.29 is 0 Å². The highest BCUT2D eigenvalue weighted by molar-refractivity contribution is 6.23. The van der Waals surface area contributed by atoms with E-state index in [0.717, 1.165) is 67.5 Å². The molecule has 0 spiro atoms. The second-order valence-electron chi connectivity index (χ2n) is 29.3. The highest BCUT2D eigenvalue weighted by Crippen LogP contribution is 2.43. The molecule has 0 atom stereocenters. The van der Waals surface area contributed by atoms with Gasteiger partial charge < -0.3 is 9.13 Å². The van der Waals surface area contributed by atoms with Crippen molar-refractivity contribution in [2.75, 3.05) is 0 Å². The third kappa shape index (κ3) is 12.5. The minimum absolute atomic E-state index is 0.702. The van der Waals surface area contributed by atoms with Crippen molar-refractivity contribution in [3.63, 3.8) is 0 Å². The smallest absolute Gasteiger partial charge is 0.160 e. The van der Waals surface area contributed by atoms with Crippen LogP contribution in [0.4, 0.5) is 0 Å². The highest BCUT2D eigenvalue weighted by Gasteiger charge is 2.21. The lowest BCUT2D eigenvalue weighted by molar-refractivity contribution is 1.16. The van der Waals surface area contributed by atoms with Crippen molar-refractivity contribution in [1.29, 1.82) is 0 Å². The molecule has 0 unspecified atom stereocenters. The Hall–Kier alpha value is -15.2. The largest absolute Gasteiger partial charge is 0.309 e. The van der Waals surface area contributed by atoms with E-state index in [1.165, 1.54) is 131 Å². The van der Waals surface area contributed by atoms with Gasteiger partial charge in [-0.2, -0.15) is 0 Å². The summed E-state index contributed by atoms with van der Waals surface area (Å²) >= 11 is 0. The van der Waals surface area contributed by atoms with E-state index < -0.39 is 0 Å². The van der Waals surface area contributed by atoms with Crippen LogP contribution in [0.3, 0.4) is 0 Å². The molecule has 6 nitrogen and oxygen atoms in total. The zero-order chi connectivity index (χ0) is 75.4. The van der Waals surface area contributed by atoms with Crippen LogP contribution in [0.25, 0.3) is 210 Å². The molecule has 0 fully saturated rings. The maximum absolute atomic E-state index is 5.07. The molecule has 0 saturated heterocycles. The Morgan fingerprint density at radius 3 is 0.798 bits per heavy atom. The van der Waals surface area contributed by atoms with Gasteiger partial charge in [0.25, 0.3) is 0 Å². The molecule has 0 bridgehead atoms. The van der Waals surface area contributed by atoms with Crippen LogP contribution in [0.15, 0.2) is 425 Å². The molecule has 0 aliphatic carbocycles. The molecule has 0 aliphatic rings. The van der Waals surface area contributed by atoms with Crippen LogP contribution in [0, 0.1) is 0 Å². The summed E-state index contributed by atoms with van der Waals surface area (Å²) in [7, 11) is 0. The van der Waals surface area contributed by atoms with E-state index in [1.807, 2.05) is 48.5 Å². The Morgan fingerprint density at radius 2 is 0.421 bits per heavy atom. The van der Waals surface area contributed by atoms with Gasteiger partial charge in [-0.05, 0) is 209 Å². The van der Waals surface area contributed by atoms with Crippen molar-refractivity contribution in [3.05, 3.63) is 425 Å². The van der Waals surface area contributed by atoms with E-state index >= 15 is 0 Å². The Morgan fingerprint density at radius 1 is 0.149 bits per heavy atom. The first kappa shape index (κ1) is 66.9. The van der Waals surface area contributed by atoms with E-state index in [1.54, 1.807) is 0 Å². The average Bonchev–Trinajstić information content (AvgIpc) is 1.58. The van der Waals surface area contributed by atoms with E-state index in [4.69, 9.17) is 19.9 Å². The minimum Gasteiger partial charge on any atom is -0.309 e. The Bertz CT molecular complexity index is 7290. The van der Waals surface area contributed by atoms with Gasteiger partial charge in [0.1, 0.15) is 0 Å². The van der Waals surface area contributed by atoms with Crippen molar-refractivity contribution in [2.24, 2.45) is 0 Å². The van der Waals surface area contributed by atoms with Crippen LogP contribution >= 0.6 is 0 Å². The van der Waals surface area contributed by atoms with Gasteiger partial charge in [-0.15, -0.1) is 0 Å². The molecule has 22 rings (SSSR count). The van der Waals surface area contributed by atoms with Gasteiger partial charge in [-0.25, -0.2) is 19.9 Å². The highest BCUT2D eigenvalue weighted by atomic mass is 15.0. The molecule has 4 heterocycles. The van der Waals surface area contributed by atoms with Crippen LogP contribution < -0.4 is 0 Å². The number of para-hydroxylation sites is 2. The monoisotopic (exact) mass is 1450 g/mol. The zero-order valence-corrected chi connectivity index (χ0v) is 62.1. The molecule has 0 N–H and O–H groups in total. The predicted molar refractivity (Wildman–Crippen MR) is 477 cm³/mol. The lowest BCUT2D eigenvalue weighted by atomic mass is 9.95. The second kappa shape index (κ2) is 28.6. The number of hydrogen-bond donors (Lipinski definition) is 0. The van der Waals surface area contributed by atoms with Crippen molar-refractivity contribution in [3.8, 4) is 124 Å². The fourth-order valence-corrected chi connectivity index (χ4v) is 16.7. The summed E-state index contributed by atoms with van der Waals surface area (Å²) in [4.78, 5) is 20.3. The first-order valence-electron chi connectivity index (χ1n) is 38.8. The summed E-state index contributed by atoms with van der Waals surface area (Å²) in [6.07, 6.45) is 0. The lowest BCUT2D eigenvalue weighted by Gasteiger charge is -2.12. The van der Waals surface area contributed by atoms with Crippen LogP contribution in [0.2, 0.25) is 0 Å². The maximum atomic E-state index is 5.07. The first-order valence-corrected chi connectivity index (χ1v) is 38.8. The van der Waals surface area contributed by atoms with Crippen molar-refractivity contribution >= 4 is 86.7 Å². The number of rotatable bonds is 12. The topological polar surface area (TPSA) is 61.4 Å². The lowest BCUT2D eigenvalue weighted by Crippen LogP contribution is -1.97. The standard InChI is InChI=1S/2C54H35N3/c1-4-12-36(13-5-1)40-20-21-42-33-43(23-22-41(42)32-40)44-26-30-47-45(34-44)27-31-52-53(47)48-18-10-11-19-51(48)57(52)46-28-24-39(25-29-46)54-55-49(37-14-6-2-7-15-37)35-50(56-54)38-16-8-3-9-17-38;1-4-12-36(13-5-1)41-22-23-43-33-44(25-24-42(43)32-41)45-21-20-37-28-31-52-53(48(37)34-45)47-18-10-11-19-51(47)57(52)46-29-26-40(27-30-46)54-55-49(38-14-6-2-7-15-38)35-50(56-54)39-16-8-3-9-17-39/h2*1-35H. The maximum Gasteiger partial charge on any atom is 0.160 e. The molecule has 4 aromatic heterocycles. The Kier molecular flexibility index (Phi) is 16.8. The number of benzene rings is 18. The molecule has 18 aromatic carbocycles. The second-order valence-corrected chi connectivity index (χ2v) is 29.3. The zero-order valence-electron chi connectivity index (χ0n) is 62.1. The molecule has 0 saturated carbocycles. The molecule has 0 aliphatic heterocycles. The van der Waals surface area contributed by atoms with E-state index in [-0.39, 0.29) is 0 Å². The fourth-order valence-electron chi connectivity index (χ4n) is 16.7. The van der Waals surface area contributed by atoms with Crippen molar-refractivity contribution in [1.82, 2.24) is 29.1 Å². The van der Waals surface area contributed by atoms with Gasteiger partial charge in [0.05, 0.1) is 44.8 Å². The first-order chi connectivity index (χ1) is 56.5. The predicted octanol–water partition coefficient (Wildman–Crippen LogP) is 28.4. The summed E-state index contributed by atoms with van der Waals surface area (Å²) in [5.74, 6) is 1.40. The summed E-state index contributed by atoms with van der Waals surface area (Å²) in [6.45, 7) is 0. The van der Waals surface area contributed by atoms with E-state index in [9.17, 15) is 0 Å². The third-order valence-electron chi connectivity index (χ3n) is 22.4. The Labute approximate surface area is 659 Å². The molecule has 114 heavy (non-hydrogen) atoms. The van der Waals surface area contributed by atoms with Gasteiger partial charge in [0.15, 0.2) is 11.6 Å². The summed E-state index contributed by atoms with van der Waals surface area (Å²) < 4.78 is 4.77. The molecular formula is C108H70N6. The molecule has 0 radical (unpaired) electrons. The summed E-state index contributed by atoms with van der Waals surface area (Å²) in [6, 6.07) is 152. The number of hydrogen-bond acceptors (Lipinski definition) is 4.